The Hall–Kier alpha value is -2.25. The van der Waals surface area contributed by atoms with Crippen molar-refractivity contribution in [2.75, 3.05) is 11.8 Å². The molecule has 6 nitrogen and oxygen atoms in total. The summed E-state index contributed by atoms with van der Waals surface area (Å²) in [6.45, 7) is 0. The van der Waals surface area contributed by atoms with Crippen molar-refractivity contribution in [3.8, 4) is 5.75 Å². The van der Waals surface area contributed by atoms with E-state index in [4.69, 9.17) is 16.3 Å². The number of carbonyl (C=O) groups is 1. The average molecular weight is 341 g/mol. The van der Waals surface area contributed by atoms with Crippen molar-refractivity contribution < 1.29 is 23.1 Å². The molecule has 0 saturated heterocycles. The number of carbonyl (C=O) groups excluding carboxylic acids is 1. The summed E-state index contributed by atoms with van der Waals surface area (Å²) in [5.74, 6) is -0.919. The first-order valence-electron chi connectivity index (χ1n) is 6.01. The van der Waals surface area contributed by atoms with Gasteiger partial charge in [-0.3, -0.25) is 4.72 Å². The van der Waals surface area contributed by atoms with Gasteiger partial charge in [-0.1, -0.05) is 17.7 Å². The molecule has 1 N–H and O–H groups in total. The molecule has 2 aromatic carbocycles. The van der Waals surface area contributed by atoms with Crippen LogP contribution in [0.4, 0.5) is 5.69 Å². The molecule has 22 heavy (non-hydrogen) atoms. The minimum atomic E-state index is -4.03. The van der Waals surface area contributed by atoms with Crippen LogP contribution in [0.1, 0.15) is 10.4 Å². The van der Waals surface area contributed by atoms with E-state index in [2.05, 4.69) is 4.72 Å². The number of aromatic carboxylic acids is 1. The molecular formula is C14H11ClNO5S-. The lowest BCUT2D eigenvalue weighted by Crippen LogP contribution is -2.23. The summed E-state index contributed by atoms with van der Waals surface area (Å²) >= 11 is 5.85. The molecule has 0 aliphatic carbocycles. The first-order chi connectivity index (χ1) is 10.3. The Bertz CT molecular complexity index is 802. The van der Waals surface area contributed by atoms with E-state index in [9.17, 15) is 18.3 Å². The Morgan fingerprint density at radius 3 is 2.36 bits per heavy atom. The number of hydrogen-bond donors (Lipinski definition) is 1. The van der Waals surface area contributed by atoms with E-state index in [1.807, 2.05) is 0 Å². The molecule has 0 amide bonds. The van der Waals surface area contributed by atoms with Gasteiger partial charge in [-0.05, 0) is 42.0 Å². The number of benzene rings is 2. The third kappa shape index (κ3) is 3.49. The third-order valence-electron chi connectivity index (χ3n) is 2.80. The smallest absolute Gasteiger partial charge is 0.263 e. The number of anilines is 1. The van der Waals surface area contributed by atoms with E-state index in [1.54, 1.807) is 12.1 Å². The summed E-state index contributed by atoms with van der Waals surface area (Å²) in [5.41, 5.74) is 0.00947. The summed E-state index contributed by atoms with van der Waals surface area (Å²) in [7, 11) is -2.54. The monoisotopic (exact) mass is 340 g/mol. The number of halogens is 1. The third-order valence-corrected chi connectivity index (χ3v) is 4.66. The largest absolute Gasteiger partial charge is 0.545 e. The summed E-state index contributed by atoms with van der Waals surface area (Å²) in [6.07, 6.45) is 0. The van der Waals surface area contributed by atoms with Gasteiger partial charge in [0.05, 0.1) is 18.1 Å². The Morgan fingerprint density at radius 1 is 1.18 bits per heavy atom. The number of nitrogens with one attached hydrogen (secondary N) is 1. The zero-order chi connectivity index (χ0) is 16.3. The number of rotatable bonds is 5. The van der Waals surface area contributed by atoms with Gasteiger partial charge in [0.15, 0.2) is 0 Å². The van der Waals surface area contributed by atoms with Crippen molar-refractivity contribution in [1.82, 2.24) is 0 Å². The zero-order valence-electron chi connectivity index (χ0n) is 11.4. The molecule has 0 aliphatic heterocycles. The van der Waals surface area contributed by atoms with Crippen molar-refractivity contribution in [1.29, 1.82) is 0 Å². The lowest BCUT2D eigenvalue weighted by molar-refractivity contribution is -0.255. The fourth-order valence-electron chi connectivity index (χ4n) is 1.71. The molecule has 0 saturated carbocycles. The fourth-order valence-corrected chi connectivity index (χ4v) is 3.29. The summed E-state index contributed by atoms with van der Waals surface area (Å²) in [6, 6.07) is 9.48. The van der Waals surface area contributed by atoms with Gasteiger partial charge >= 0.3 is 0 Å². The van der Waals surface area contributed by atoms with E-state index < -0.39 is 16.0 Å². The topological polar surface area (TPSA) is 95.5 Å². The van der Waals surface area contributed by atoms with Crippen molar-refractivity contribution in [3.63, 3.8) is 0 Å². The van der Waals surface area contributed by atoms with E-state index in [1.165, 1.54) is 31.4 Å². The number of carboxylic acid groups (broad SMARTS) is 1. The molecule has 0 aliphatic rings. The van der Waals surface area contributed by atoms with Gasteiger partial charge in [0, 0.05) is 5.69 Å². The molecule has 0 spiro atoms. The van der Waals surface area contributed by atoms with Gasteiger partial charge in [0.2, 0.25) is 0 Å². The van der Waals surface area contributed by atoms with Crippen molar-refractivity contribution >= 4 is 33.3 Å². The highest BCUT2D eigenvalue weighted by molar-refractivity contribution is 7.92. The number of methoxy groups -OCH3 is 1. The van der Waals surface area contributed by atoms with Gasteiger partial charge in [-0.25, -0.2) is 8.42 Å². The maximum atomic E-state index is 12.3. The lowest BCUT2D eigenvalue weighted by atomic mass is 10.2. The highest BCUT2D eigenvalue weighted by Crippen LogP contribution is 2.25. The molecular weight excluding hydrogens is 330 g/mol. The minimum Gasteiger partial charge on any atom is -0.545 e. The molecule has 0 heterocycles. The molecule has 0 radical (unpaired) electrons. The second kappa shape index (κ2) is 6.25. The van der Waals surface area contributed by atoms with Crippen LogP contribution in [0.5, 0.6) is 5.75 Å². The van der Waals surface area contributed by atoms with E-state index >= 15 is 0 Å². The molecule has 0 bridgehead atoms. The van der Waals surface area contributed by atoms with Crippen LogP contribution in [0.15, 0.2) is 47.4 Å². The molecule has 0 fully saturated rings. The molecule has 2 rings (SSSR count). The Labute approximate surface area is 132 Å². The van der Waals surface area contributed by atoms with Crippen molar-refractivity contribution in [2.45, 2.75) is 4.90 Å². The predicted octanol–water partition coefficient (Wildman–Crippen LogP) is 1.51. The molecule has 0 atom stereocenters. The van der Waals surface area contributed by atoms with Crippen LogP contribution >= 0.6 is 11.6 Å². The van der Waals surface area contributed by atoms with E-state index in [0.29, 0.717) is 5.75 Å². The van der Waals surface area contributed by atoms with Crippen molar-refractivity contribution in [3.05, 3.63) is 53.1 Å². The molecule has 116 valence electrons. The molecule has 2 aromatic rings. The first-order valence-corrected chi connectivity index (χ1v) is 7.87. The van der Waals surface area contributed by atoms with Crippen LogP contribution in [0.2, 0.25) is 5.02 Å². The number of hydrogen-bond acceptors (Lipinski definition) is 5. The number of carboxylic acids is 1. The second-order valence-corrected chi connectivity index (χ2v) is 6.32. The first kappa shape index (κ1) is 16.1. The predicted molar refractivity (Wildman–Crippen MR) is 79.6 cm³/mol. The zero-order valence-corrected chi connectivity index (χ0v) is 12.9. The Balaban J connectivity index is 2.37. The van der Waals surface area contributed by atoms with Gasteiger partial charge < -0.3 is 14.6 Å². The normalized spacial score (nSPS) is 11.0. The SMILES string of the molecule is COc1ccc(NS(=O)(=O)c2cc(C(=O)[O-])ccc2Cl)cc1. The van der Waals surface area contributed by atoms with Gasteiger partial charge in [0.1, 0.15) is 10.6 Å². The van der Waals surface area contributed by atoms with Crippen LogP contribution in [0.3, 0.4) is 0 Å². The molecule has 0 unspecified atom stereocenters. The van der Waals surface area contributed by atoms with Crippen LogP contribution in [0, 0.1) is 0 Å². The molecule has 8 heteroatoms. The van der Waals surface area contributed by atoms with Crippen LogP contribution in [-0.4, -0.2) is 21.5 Å². The summed E-state index contributed by atoms with van der Waals surface area (Å²) in [5, 5.41) is 10.7. The minimum absolute atomic E-state index is 0.0917. The van der Waals surface area contributed by atoms with Gasteiger partial charge in [-0.15, -0.1) is 0 Å². The quantitative estimate of drug-likeness (QED) is 0.890. The van der Waals surface area contributed by atoms with Crippen molar-refractivity contribution in [2.24, 2.45) is 0 Å². The van der Waals surface area contributed by atoms with Gasteiger partial charge in [-0.2, -0.15) is 0 Å². The highest BCUT2D eigenvalue weighted by atomic mass is 35.5. The summed E-state index contributed by atoms with van der Waals surface area (Å²) in [4.78, 5) is 10.5. The maximum absolute atomic E-state index is 12.3. The Kier molecular flexibility index (Phi) is 4.58. The highest BCUT2D eigenvalue weighted by Gasteiger charge is 2.19. The standard InChI is InChI=1S/C14H12ClNO5S/c1-21-11-5-3-10(4-6-11)16-22(19,20)13-8-9(14(17)18)2-7-12(13)15/h2-8,16H,1H3,(H,17,18)/p-1. The Morgan fingerprint density at radius 2 is 1.82 bits per heavy atom. The average Bonchev–Trinajstić information content (AvgIpc) is 2.47. The molecule has 0 aromatic heterocycles. The summed E-state index contributed by atoms with van der Waals surface area (Å²) < 4.78 is 31.9. The lowest BCUT2D eigenvalue weighted by Gasteiger charge is -2.12. The number of ether oxygens (including phenoxy) is 1. The maximum Gasteiger partial charge on any atom is 0.263 e. The van der Waals surface area contributed by atoms with E-state index in [-0.39, 0.29) is 21.2 Å². The second-order valence-electron chi connectivity index (χ2n) is 4.27. The van der Waals surface area contributed by atoms with Gasteiger partial charge in [0.25, 0.3) is 10.0 Å². The van der Waals surface area contributed by atoms with Crippen LogP contribution in [-0.2, 0) is 10.0 Å². The van der Waals surface area contributed by atoms with Crippen LogP contribution < -0.4 is 14.6 Å². The number of sulfonamides is 1. The van der Waals surface area contributed by atoms with Crippen LogP contribution in [0.25, 0.3) is 0 Å². The fraction of sp³-hybridized carbons (Fsp3) is 0.0714. The van der Waals surface area contributed by atoms with E-state index in [0.717, 1.165) is 6.07 Å².